The number of aryl methyl sites for hydroxylation is 2. The van der Waals surface area contributed by atoms with Crippen molar-refractivity contribution in [2.24, 2.45) is 0 Å². The normalized spacial score (nSPS) is 19.4. The molecule has 0 spiro atoms. The van der Waals surface area contributed by atoms with E-state index in [9.17, 15) is 5.11 Å². The Bertz CT molecular complexity index is 1130. The first-order valence-electron chi connectivity index (χ1n) is 11.9. The standard InChI is InChI=1S/C25H33Cl2N5O2/c1-5-34-19-11-20(26)24(21(27)12-19)23-16(4)31-32-22(10-14(2)30-25(23)32)28-13-15(3)29-17-6-8-18(33)9-7-17/h10-12,15,17-18,28-29,33H,5-9,13H2,1-4H3. The average Bonchev–Trinajstić information content (AvgIpc) is 3.09. The number of benzene rings is 1. The summed E-state index contributed by atoms with van der Waals surface area (Å²) in [5.41, 5.74) is 3.89. The van der Waals surface area contributed by atoms with Crippen molar-refractivity contribution in [3.05, 3.63) is 39.6 Å². The van der Waals surface area contributed by atoms with E-state index in [4.69, 9.17) is 38.0 Å². The van der Waals surface area contributed by atoms with Crippen molar-refractivity contribution in [2.45, 2.75) is 71.6 Å². The summed E-state index contributed by atoms with van der Waals surface area (Å²) >= 11 is 13.3. The van der Waals surface area contributed by atoms with Gasteiger partial charge in [-0.25, -0.2) is 4.98 Å². The van der Waals surface area contributed by atoms with Crippen LogP contribution in [0.1, 0.15) is 50.9 Å². The Balaban J connectivity index is 1.60. The predicted molar refractivity (Wildman–Crippen MR) is 138 cm³/mol. The molecule has 0 amide bonds. The fourth-order valence-electron chi connectivity index (χ4n) is 4.66. The predicted octanol–water partition coefficient (Wildman–Crippen LogP) is 5.41. The molecule has 1 aliphatic rings. The number of aliphatic hydroxyl groups is 1. The smallest absolute Gasteiger partial charge is 0.165 e. The average molecular weight is 506 g/mol. The molecule has 3 aromatic rings. The molecular formula is C25H33Cl2N5O2. The Kier molecular flexibility index (Phi) is 7.87. The fraction of sp³-hybridized carbons (Fsp3) is 0.520. The molecule has 184 valence electrons. The molecule has 7 nitrogen and oxygen atoms in total. The van der Waals surface area contributed by atoms with Gasteiger partial charge in [0.05, 0.1) is 34.0 Å². The fourth-order valence-corrected chi connectivity index (χ4v) is 5.32. The zero-order chi connectivity index (χ0) is 24.4. The lowest BCUT2D eigenvalue weighted by Gasteiger charge is -2.29. The summed E-state index contributed by atoms with van der Waals surface area (Å²) in [5, 5.41) is 22.7. The zero-order valence-corrected chi connectivity index (χ0v) is 21.7. The van der Waals surface area contributed by atoms with Gasteiger partial charge in [0.1, 0.15) is 11.6 Å². The number of halogens is 2. The Morgan fingerprint density at radius 3 is 2.44 bits per heavy atom. The van der Waals surface area contributed by atoms with Crippen LogP contribution in [-0.2, 0) is 0 Å². The van der Waals surface area contributed by atoms with Crippen LogP contribution in [0.4, 0.5) is 5.82 Å². The molecule has 0 saturated heterocycles. The van der Waals surface area contributed by atoms with Gasteiger partial charge in [0.2, 0.25) is 0 Å². The largest absolute Gasteiger partial charge is 0.494 e. The molecular weight excluding hydrogens is 473 g/mol. The van der Waals surface area contributed by atoms with Crippen LogP contribution in [0.2, 0.25) is 10.0 Å². The highest BCUT2D eigenvalue weighted by atomic mass is 35.5. The zero-order valence-electron chi connectivity index (χ0n) is 20.2. The number of fused-ring (bicyclic) bond motifs is 1. The Labute approximate surface area is 210 Å². The molecule has 3 N–H and O–H groups in total. The first-order valence-corrected chi connectivity index (χ1v) is 12.7. The highest BCUT2D eigenvalue weighted by Crippen LogP contribution is 2.41. The second-order valence-corrected chi connectivity index (χ2v) is 9.94. The van der Waals surface area contributed by atoms with Crippen LogP contribution in [0.25, 0.3) is 16.8 Å². The van der Waals surface area contributed by atoms with E-state index >= 15 is 0 Å². The maximum atomic E-state index is 9.74. The minimum absolute atomic E-state index is 0.144. The summed E-state index contributed by atoms with van der Waals surface area (Å²) in [5.74, 6) is 1.50. The van der Waals surface area contributed by atoms with E-state index in [0.717, 1.165) is 55.0 Å². The SMILES string of the molecule is CCOc1cc(Cl)c(-c2c(C)nn3c(NCC(C)NC4CCC(O)CC4)cc(C)nc23)c(Cl)c1. The number of aliphatic hydroxyl groups excluding tert-OH is 1. The van der Waals surface area contributed by atoms with Crippen molar-refractivity contribution in [3.8, 4) is 16.9 Å². The lowest BCUT2D eigenvalue weighted by molar-refractivity contribution is 0.115. The van der Waals surface area contributed by atoms with Crippen LogP contribution >= 0.6 is 23.2 Å². The van der Waals surface area contributed by atoms with Gasteiger partial charge in [0.25, 0.3) is 0 Å². The summed E-state index contributed by atoms with van der Waals surface area (Å²) < 4.78 is 7.40. The number of anilines is 1. The van der Waals surface area contributed by atoms with Crippen LogP contribution in [0.3, 0.4) is 0 Å². The number of nitrogens with one attached hydrogen (secondary N) is 2. The topological polar surface area (TPSA) is 83.7 Å². The van der Waals surface area contributed by atoms with Gasteiger partial charge in [-0.15, -0.1) is 0 Å². The summed E-state index contributed by atoms with van der Waals surface area (Å²) in [6.45, 7) is 9.26. The van der Waals surface area contributed by atoms with Gasteiger partial charge in [-0.2, -0.15) is 9.61 Å². The third-order valence-electron chi connectivity index (χ3n) is 6.27. The summed E-state index contributed by atoms with van der Waals surface area (Å²) in [6, 6.07) is 6.26. The second-order valence-electron chi connectivity index (χ2n) is 9.13. The quantitative estimate of drug-likeness (QED) is 0.379. The minimum atomic E-state index is -0.144. The maximum absolute atomic E-state index is 9.74. The lowest BCUT2D eigenvalue weighted by atomic mass is 9.93. The van der Waals surface area contributed by atoms with Gasteiger partial charge < -0.3 is 20.5 Å². The van der Waals surface area contributed by atoms with Crippen molar-refractivity contribution < 1.29 is 9.84 Å². The third kappa shape index (κ3) is 5.43. The molecule has 1 fully saturated rings. The molecule has 0 aliphatic heterocycles. The molecule has 0 radical (unpaired) electrons. The van der Waals surface area contributed by atoms with Crippen LogP contribution in [-0.4, -0.2) is 51.0 Å². The number of rotatable bonds is 8. The van der Waals surface area contributed by atoms with Crippen molar-refractivity contribution >= 4 is 34.7 Å². The van der Waals surface area contributed by atoms with E-state index in [1.807, 2.05) is 31.4 Å². The minimum Gasteiger partial charge on any atom is -0.494 e. The van der Waals surface area contributed by atoms with Gasteiger partial charge >= 0.3 is 0 Å². The van der Waals surface area contributed by atoms with E-state index in [2.05, 4.69) is 17.6 Å². The van der Waals surface area contributed by atoms with Crippen molar-refractivity contribution in [2.75, 3.05) is 18.5 Å². The highest BCUT2D eigenvalue weighted by molar-refractivity contribution is 6.39. The highest BCUT2D eigenvalue weighted by Gasteiger charge is 2.23. The van der Waals surface area contributed by atoms with E-state index in [0.29, 0.717) is 39.7 Å². The van der Waals surface area contributed by atoms with Gasteiger partial charge in [-0.3, -0.25) is 0 Å². The molecule has 1 unspecified atom stereocenters. The van der Waals surface area contributed by atoms with Crippen LogP contribution in [0.15, 0.2) is 18.2 Å². The third-order valence-corrected chi connectivity index (χ3v) is 6.87. The lowest BCUT2D eigenvalue weighted by Crippen LogP contribution is -2.43. The van der Waals surface area contributed by atoms with Crippen LogP contribution in [0.5, 0.6) is 5.75 Å². The number of nitrogens with zero attached hydrogens (tertiary/aromatic N) is 3. The first kappa shape index (κ1) is 25.0. The number of aromatic nitrogens is 3. The molecule has 1 saturated carbocycles. The Hall–Kier alpha value is -2.06. The summed E-state index contributed by atoms with van der Waals surface area (Å²) in [7, 11) is 0. The maximum Gasteiger partial charge on any atom is 0.165 e. The molecule has 2 aromatic heterocycles. The second kappa shape index (κ2) is 10.7. The van der Waals surface area contributed by atoms with Crippen molar-refractivity contribution in [1.29, 1.82) is 0 Å². The van der Waals surface area contributed by atoms with E-state index < -0.39 is 0 Å². The molecule has 1 aromatic carbocycles. The summed E-state index contributed by atoms with van der Waals surface area (Å²) in [6.07, 6.45) is 3.61. The molecule has 4 rings (SSSR count). The Morgan fingerprint density at radius 2 is 1.79 bits per heavy atom. The van der Waals surface area contributed by atoms with E-state index in [-0.39, 0.29) is 12.1 Å². The number of hydrogen-bond acceptors (Lipinski definition) is 6. The van der Waals surface area contributed by atoms with Crippen LogP contribution < -0.4 is 15.4 Å². The van der Waals surface area contributed by atoms with Crippen molar-refractivity contribution in [1.82, 2.24) is 19.9 Å². The van der Waals surface area contributed by atoms with Gasteiger partial charge in [-0.05, 0) is 65.5 Å². The Morgan fingerprint density at radius 1 is 1.12 bits per heavy atom. The van der Waals surface area contributed by atoms with E-state index in [1.165, 1.54) is 0 Å². The van der Waals surface area contributed by atoms with Gasteiger partial charge in [0, 0.05) is 36.0 Å². The molecule has 2 heterocycles. The molecule has 1 atom stereocenters. The first-order chi connectivity index (χ1) is 16.3. The summed E-state index contributed by atoms with van der Waals surface area (Å²) in [4.78, 5) is 4.77. The van der Waals surface area contributed by atoms with E-state index in [1.54, 1.807) is 12.1 Å². The molecule has 9 heteroatoms. The van der Waals surface area contributed by atoms with Crippen LogP contribution in [0, 0.1) is 13.8 Å². The molecule has 34 heavy (non-hydrogen) atoms. The monoisotopic (exact) mass is 505 g/mol. The van der Waals surface area contributed by atoms with Crippen molar-refractivity contribution in [3.63, 3.8) is 0 Å². The van der Waals surface area contributed by atoms with Gasteiger partial charge in [0.15, 0.2) is 5.65 Å². The molecule has 1 aliphatic carbocycles. The number of ether oxygens (including phenoxy) is 1. The number of hydrogen-bond donors (Lipinski definition) is 3. The van der Waals surface area contributed by atoms with Gasteiger partial charge in [-0.1, -0.05) is 23.2 Å². The molecule has 0 bridgehead atoms.